The van der Waals surface area contributed by atoms with Crippen molar-refractivity contribution in [2.45, 2.75) is 32.0 Å². The lowest BCUT2D eigenvalue weighted by Crippen LogP contribution is -2.51. The van der Waals surface area contributed by atoms with E-state index < -0.39 is 28.4 Å². The Bertz CT molecular complexity index is 343. The van der Waals surface area contributed by atoms with Gasteiger partial charge < -0.3 is 5.32 Å². The Morgan fingerprint density at radius 3 is 2.59 bits per heavy atom. The second-order valence-corrected chi connectivity index (χ2v) is 6.34. The highest BCUT2D eigenvalue weighted by molar-refractivity contribution is 7.89. The molecule has 8 heteroatoms. The minimum absolute atomic E-state index is 0.0427. The van der Waals surface area contributed by atoms with Gasteiger partial charge in [-0.3, -0.25) is 0 Å². The Labute approximate surface area is 99.2 Å². The predicted octanol–water partition coefficient (Wildman–Crippen LogP) is 0.952. The van der Waals surface area contributed by atoms with Crippen molar-refractivity contribution in [1.29, 1.82) is 0 Å². The van der Waals surface area contributed by atoms with Gasteiger partial charge in [0.15, 0.2) is 0 Å². The Balaban J connectivity index is 2.45. The molecule has 1 unspecified atom stereocenters. The summed E-state index contributed by atoms with van der Waals surface area (Å²) >= 11 is 0. The second-order valence-electron chi connectivity index (χ2n) is 4.25. The molecule has 0 amide bonds. The lowest BCUT2D eigenvalue weighted by atomic mass is 10.3. The smallest absolute Gasteiger partial charge is 0.312 e. The van der Waals surface area contributed by atoms with E-state index in [-0.39, 0.29) is 12.5 Å². The third-order valence-corrected chi connectivity index (χ3v) is 4.51. The van der Waals surface area contributed by atoms with E-state index >= 15 is 0 Å². The highest BCUT2D eigenvalue weighted by Gasteiger charge is 2.30. The number of piperazine rings is 1. The van der Waals surface area contributed by atoms with E-state index in [2.05, 4.69) is 5.32 Å². The summed E-state index contributed by atoms with van der Waals surface area (Å²) in [5.41, 5.74) is 0. The number of halogens is 3. The normalized spacial score (nSPS) is 23.9. The molecular formula is C9H17F3N2O2S. The molecule has 4 nitrogen and oxygen atoms in total. The Hall–Kier alpha value is -0.340. The zero-order valence-corrected chi connectivity index (χ0v) is 10.4. The summed E-state index contributed by atoms with van der Waals surface area (Å²) in [6.45, 7) is 3.05. The van der Waals surface area contributed by atoms with Crippen LogP contribution in [0, 0.1) is 0 Å². The molecule has 1 N–H and O–H groups in total. The molecule has 17 heavy (non-hydrogen) atoms. The highest BCUT2D eigenvalue weighted by Crippen LogP contribution is 2.22. The van der Waals surface area contributed by atoms with Crippen molar-refractivity contribution in [3.05, 3.63) is 0 Å². The number of nitrogens with one attached hydrogen (secondary N) is 1. The maximum Gasteiger partial charge on any atom is 0.389 e. The van der Waals surface area contributed by atoms with Gasteiger partial charge in [0.05, 0.1) is 5.75 Å². The lowest BCUT2D eigenvalue weighted by Gasteiger charge is -2.31. The molecule has 0 saturated carbocycles. The molecule has 1 fully saturated rings. The number of nitrogens with zero attached hydrogens (tertiary/aromatic N) is 1. The first-order chi connectivity index (χ1) is 7.71. The van der Waals surface area contributed by atoms with Gasteiger partial charge in [0, 0.05) is 32.1 Å². The summed E-state index contributed by atoms with van der Waals surface area (Å²) in [4.78, 5) is 0. The molecule has 1 atom stereocenters. The molecule has 1 heterocycles. The van der Waals surface area contributed by atoms with Crippen LogP contribution in [0.5, 0.6) is 0 Å². The molecule has 102 valence electrons. The van der Waals surface area contributed by atoms with Crippen LogP contribution in [0.2, 0.25) is 0 Å². The van der Waals surface area contributed by atoms with Crippen molar-refractivity contribution in [3.8, 4) is 0 Å². The van der Waals surface area contributed by atoms with Gasteiger partial charge in [0.25, 0.3) is 0 Å². The maximum atomic E-state index is 11.9. The van der Waals surface area contributed by atoms with Crippen molar-refractivity contribution in [2.75, 3.05) is 25.4 Å². The van der Waals surface area contributed by atoms with E-state index in [1.54, 1.807) is 0 Å². The van der Waals surface area contributed by atoms with Crippen LogP contribution >= 0.6 is 0 Å². The first kappa shape index (κ1) is 14.7. The third kappa shape index (κ3) is 5.22. The van der Waals surface area contributed by atoms with Gasteiger partial charge in [-0.05, 0) is 13.3 Å². The van der Waals surface area contributed by atoms with Crippen LogP contribution in [0.3, 0.4) is 0 Å². The number of sulfonamides is 1. The largest absolute Gasteiger partial charge is 0.389 e. The average Bonchev–Trinajstić information content (AvgIpc) is 2.15. The van der Waals surface area contributed by atoms with Crippen molar-refractivity contribution >= 4 is 10.0 Å². The van der Waals surface area contributed by atoms with E-state index in [4.69, 9.17) is 0 Å². The highest BCUT2D eigenvalue weighted by atomic mass is 32.2. The summed E-state index contributed by atoms with van der Waals surface area (Å²) < 4.78 is 60.5. The molecule has 0 radical (unpaired) electrons. The van der Waals surface area contributed by atoms with Crippen LogP contribution in [-0.4, -0.2) is 50.3 Å². The van der Waals surface area contributed by atoms with Gasteiger partial charge in [-0.25, -0.2) is 8.42 Å². The Morgan fingerprint density at radius 2 is 2.06 bits per heavy atom. The molecule has 1 saturated heterocycles. The van der Waals surface area contributed by atoms with Crippen LogP contribution in [0.4, 0.5) is 13.2 Å². The van der Waals surface area contributed by atoms with Gasteiger partial charge >= 0.3 is 6.18 Å². The third-order valence-electron chi connectivity index (χ3n) is 2.59. The van der Waals surface area contributed by atoms with Crippen LogP contribution in [0.1, 0.15) is 19.8 Å². The van der Waals surface area contributed by atoms with Crippen LogP contribution < -0.4 is 5.32 Å². The maximum absolute atomic E-state index is 11.9. The van der Waals surface area contributed by atoms with Crippen molar-refractivity contribution < 1.29 is 21.6 Å². The molecule has 0 aliphatic carbocycles. The monoisotopic (exact) mass is 274 g/mol. The van der Waals surface area contributed by atoms with Gasteiger partial charge in [0.1, 0.15) is 0 Å². The second kappa shape index (κ2) is 5.53. The molecule has 0 aromatic carbocycles. The van der Waals surface area contributed by atoms with E-state index in [1.165, 1.54) is 4.31 Å². The molecule has 0 aromatic rings. The van der Waals surface area contributed by atoms with Gasteiger partial charge in [-0.15, -0.1) is 0 Å². The van der Waals surface area contributed by atoms with E-state index in [0.717, 1.165) is 0 Å². The van der Waals surface area contributed by atoms with Crippen molar-refractivity contribution in [3.63, 3.8) is 0 Å². The van der Waals surface area contributed by atoms with Crippen molar-refractivity contribution in [1.82, 2.24) is 9.62 Å². The molecule has 0 aromatic heterocycles. The van der Waals surface area contributed by atoms with E-state index in [1.807, 2.05) is 6.92 Å². The fourth-order valence-electron chi connectivity index (χ4n) is 1.73. The fraction of sp³-hybridized carbons (Fsp3) is 1.00. The van der Waals surface area contributed by atoms with Crippen LogP contribution in [-0.2, 0) is 10.0 Å². The molecule has 1 aliphatic rings. The lowest BCUT2D eigenvalue weighted by molar-refractivity contribution is -0.134. The summed E-state index contributed by atoms with van der Waals surface area (Å²) in [6, 6.07) is 0.0427. The van der Waals surface area contributed by atoms with Crippen LogP contribution in [0.15, 0.2) is 0 Å². The Kier molecular flexibility index (Phi) is 4.79. The first-order valence-electron chi connectivity index (χ1n) is 5.49. The van der Waals surface area contributed by atoms with Crippen LogP contribution in [0.25, 0.3) is 0 Å². The SMILES string of the molecule is CC1CN(S(=O)(=O)CCCC(F)(F)F)CCN1. The predicted molar refractivity (Wildman–Crippen MR) is 58.1 cm³/mol. The Morgan fingerprint density at radius 1 is 1.41 bits per heavy atom. The standard InChI is InChI=1S/C9H17F3N2O2S/c1-8-7-14(5-4-13-8)17(15,16)6-2-3-9(10,11)12/h8,13H,2-7H2,1H3. The van der Waals surface area contributed by atoms with E-state index in [9.17, 15) is 21.6 Å². The number of rotatable bonds is 4. The zero-order valence-electron chi connectivity index (χ0n) is 9.63. The molecule has 1 rings (SSSR count). The van der Waals surface area contributed by atoms with E-state index in [0.29, 0.717) is 19.6 Å². The first-order valence-corrected chi connectivity index (χ1v) is 7.09. The number of hydrogen-bond donors (Lipinski definition) is 1. The number of alkyl halides is 3. The summed E-state index contributed by atoms with van der Waals surface area (Å²) in [7, 11) is -3.55. The van der Waals surface area contributed by atoms with Gasteiger partial charge in [0.2, 0.25) is 10.0 Å². The van der Waals surface area contributed by atoms with Gasteiger partial charge in [-0.1, -0.05) is 0 Å². The summed E-state index contributed by atoms with van der Waals surface area (Å²) in [5, 5.41) is 3.08. The minimum Gasteiger partial charge on any atom is -0.312 e. The zero-order chi connectivity index (χ0) is 13.1. The molecule has 0 bridgehead atoms. The van der Waals surface area contributed by atoms with Gasteiger partial charge in [-0.2, -0.15) is 17.5 Å². The number of hydrogen-bond acceptors (Lipinski definition) is 3. The summed E-state index contributed by atoms with van der Waals surface area (Å²) in [6.07, 6.45) is -5.70. The minimum atomic E-state index is -4.29. The summed E-state index contributed by atoms with van der Waals surface area (Å²) in [5.74, 6) is -0.431. The molecular weight excluding hydrogens is 257 g/mol. The molecule has 1 aliphatic heterocycles. The quantitative estimate of drug-likeness (QED) is 0.830. The fourth-order valence-corrected chi connectivity index (χ4v) is 3.32. The molecule has 0 spiro atoms. The average molecular weight is 274 g/mol. The topological polar surface area (TPSA) is 49.4 Å². The van der Waals surface area contributed by atoms with Crippen molar-refractivity contribution in [2.24, 2.45) is 0 Å².